The number of nitro groups is 1. The van der Waals surface area contributed by atoms with E-state index in [2.05, 4.69) is 10.6 Å². The van der Waals surface area contributed by atoms with Gasteiger partial charge in [-0.25, -0.2) is 0 Å². The maximum Gasteiger partial charge on any atom is 0.272 e. The van der Waals surface area contributed by atoms with Gasteiger partial charge in [0, 0.05) is 35.5 Å². The van der Waals surface area contributed by atoms with Gasteiger partial charge in [0.15, 0.2) is 0 Å². The number of rotatable bonds is 4. The number of nitro benzene ring substituents is 1. The largest absolute Gasteiger partial charge is 0.326 e. The quantitative estimate of drug-likeness (QED) is 0.663. The lowest BCUT2D eigenvalue weighted by Gasteiger charge is -2.13. The van der Waals surface area contributed by atoms with E-state index in [4.69, 9.17) is 0 Å². The third-order valence-corrected chi connectivity index (χ3v) is 3.55. The number of carbonyl (C=O) groups is 2. The normalized spacial score (nSPS) is 10.1. The van der Waals surface area contributed by atoms with Crippen molar-refractivity contribution in [1.82, 2.24) is 0 Å². The van der Waals surface area contributed by atoms with E-state index in [-0.39, 0.29) is 17.5 Å². The first-order valence-electron chi connectivity index (χ1n) is 7.23. The molecule has 0 aromatic heterocycles. The molecule has 0 unspecified atom stereocenters. The molecule has 0 fully saturated rings. The highest BCUT2D eigenvalue weighted by molar-refractivity contribution is 6.05. The molecular weight excluding hydrogens is 310 g/mol. The van der Waals surface area contributed by atoms with Gasteiger partial charge in [-0.3, -0.25) is 19.7 Å². The SMILES string of the molecule is CC(=O)Nc1cccc(NC(=O)c2ccc([N+](=O)[O-])c(C)c2)c1C. The topological polar surface area (TPSA) is 101 Å². The Morgan fingerprint density at radius 3 is 2.21 bits per heavy atom. The number of nitrogens with zero attached hydrogens (tertiary/aromatic N) is 1. The molecule has 0 aliphatic heterocycles. The average Bonchev–Trinajstić information content (AvgIpc) is 2.50. The number of nitrogens with one attached hydrogen (secondary N) is 2. The number of carbonyl (C=O) groups excluding carboxylic acids is 2. The second-order valence-corrected chi connectivity index (χ2v) is 5.37. The summed E-state index contributed by atoms with van der Waals surface area (Å²) >= 11 is 0. The molecule has 0 atom stereocenters. The fraction of sp³-hybridized carbons (Fsp3) is 0.176. The Hall–Kier alpha value is -3.22. The molecule has 2 aromatic carbocycles. The average molecular weight is 327 g/mol. The Bertz CT molecular complexity index is 831. The van der Waals surface area contributed by atoms with Crippen LogP contribution in [-0.2, 0) is 4.79 Å². The highest BCUT2D eigenvalue weighted by atomic mass is 16.6. The van der Waals surface area contributed by atoms with Gasteiger partial charge in [-0.05, 0) is 43.7 Å². The molecule has 2 aromatic rings. The Morgan fingerprint density at radius 1 is 1.04 bits per heavy atom. The molecule has 124 valence electrons. The third kappa shape index (κ3) is 3.75. The molecule has 7 heteroatoms. The molecule has 2 amide bonds. The number of anilines is 2. The van der Waals surface area contributed by atoms with Gasteiger partial charge in [0.1, 0.15) is 0 Å². The summed E-state index contributed by atoms with van der Waals surface area (Å²) in [5, 5.41) is 16.3. The first-order valence-corrected chi connectivity index (χ1v) is 7.23. The van der Waals surface area contributed by atoms with E-state index < -0.39 is 4.92 Å². The molecule has 0 spiro atoms. The highest BCUT2D eigenvalue weighted by Gasteiger charge is 2.15. The van der Waals surface area contributed by atoms with Crippen molar-refractivity contribution >= 4 is 28.9 Å². The van der Waals surface area contributed by atoms with Gasteiger partial charge in [-0.15, -0.1) is 0 Å². The summed E-state index contributed by atoms with van der Waals surface area (Å²) in [7, 11) is 0. The van der Waals surface area contributed by atoms with Gasteiger partial charge in [0.25, 0.3) is 11.6 Å². The van der Waals surface area contributed by atoms with Crippen molar-refractivity contribution < 1.29 is 14.5 Å². The molecule has 2 rings (SSSR count). The summed E-state index contributed by atoms with van der Waals surface area (Å²) in [5.41, 5.74) is 2.59. The van der Waals surface area contributed by atoms with E-state index in [1.165, 1.54) is 25.1 Å². The summed E-state index contributed by atoms with van der Waals surface area (Å²) < 4.78 is 0. The fourth-order valence-electron chi connectivity index (χ4n) is 2.29. The summed E-state index contributed by atoms with van der Waals surface area (Å²) in [6.07, 6.45) is 0. The van der Waals surface area contributed by atoms with Crippen LogP contribution in [0.2, 0.25) is 0 Å². The van der Waals surface area contributed by atoms with Gasteiger partial charge in [-0.1, -0.05) is 6.07 Å². The summed E-state index contributed by atoms with van der Waals surface area (Å²) in [4.78, 5) is 33.9. The van der Waals surface area contributed by atoms with E-state index >= 15 is 0 Å². The zero-order chi connectivity index (χ0) is 17.9. The molecule has 0 bridgehead atoms. The number of hydrogen-bond donors (Lipinski definition) is 2. The zero-order valence-corrected chi connectivity index (χ0v) is 13.5. The van der Waals surface area contributed by atoms with Crippen molar-refractivity contribution in [2.45, 2.75) is 20.8 Å². The van der Waals surface area contributed by atoms with Crippen molar-refractivity contribution in [3.63, 3.8) is 0 Å². The Kier molecular flexibility index (Phi) is 4.93. The second kappa shape index (κ2) is 6.91. The molecule has 0 saturated carbocycles. The van der Waals surface area contributed by atoms with Crippen molar-refractivity contribution in [3.05, 3.63) is 63.2 Å². The number of aryl methyl sites for hydroxylation is 1. The highest BCUT2D eigenvalue weighted by Crippen LogP contribution is 2.25. The van der Waals surface area contributed by atoms with Gasteiger partial charge >= 0.3 is 0 Å². The van der Waals surface area contributed by atoms with Crippen LogP contribution in [0.4, 0.5) is 17.1 Å². The molecule has 0 radical (unpaired) electrons. The van der Waals surface area contributed by atoms with Crippen molar-refractivity contribution in [2.75, 3.05) is 10.6 Å². The molecular formula is C17H17N3O4. The second-order valence-electron chi connectivity index (χ2n) is 5.37. The van der Waals surface area contributed by atoms with Crippen LogP contribution in [0.1, 0.15) is 28.4 Å². The first kappa shape index (κ1) is 17.1. The van der Waals surface area contributed by atoms with E-state index in [0.717, 1.165) is 5.56 Å². The van der Waals surface area contributed by atoms with E-state index in [1.54, 1.807) is 32.0 Å². The summed E-state index contributed by atoms with van der Waals surface area (Å²) in [6.45, 7) is 4.77. The molecule has 2 N–H and O–H groups in total. The lowest BCUT2D eigenvalue weighted by atomic mass is 10.1. The monoisotopic (exact) mass is 327 g/mol. The van der Waals surface area contributed by atoms with E-state index in [1.807, 2.05) is 0 Å². The van der Waals surface area contributed by atoms with Gasteiger partial charge < -0.3 is 10.6 Å². The van der Waals surface area contributed by atoms with Crippen LogP contribution in [0.3, 0.4) is 0 Å². The lowest BCUT2D eigenvalue weighted by Crippen LogP contribution is -2.14. The summed E-state index contributed by atoms with van der Waals surface area (Å²) in [6, 6.07) is 9.37. The third-order valence-electron chi connectivity index (χ3n) is 3.55. The maximum atomic E-state index is 12.4. The lowest BCUT2D eigenvalue weighted by molar-refractivity contribution is -0.385. The summed E-state index contributed by atoms with van der Waals surface area (Å²) in [5.74, 6) is -0.580. The van der Waals surface area contributed by atoms with Crippen LogP contribution in [-0.4, -0.2) is 16.7 Å². The number of amides is 2. The first-order chi connectivity index (χ1) is 11.3. The Balaban J connectivity index is 2.25. The van der Waals surface area contributed by atoms with Crippen LogP contribution in [0.25, 0.3) is 0 Å². The van der Waals surface area contributed by atoms with Gasteiger partial charge in [0.05, 0.1) is 4.92 Å². The van der Waals surface area contributed by atoms with E-state index in [9.17, 15) is 19.7 Å². The minimum atomic E-state index is -0.488. The van der Waals surface area contributed by atoms with Crippen LogP contribution >= 0.6 is 0 Å². The number of benzene rings is 2. The standard InChI is InChI=1S/C17H17N3O4/c1-10-9-13(7-8-16(10)20(23)24)17(22)19-15-6-4-5-14(11(15)2)18-12(3)21/h4-9H,1-3H3,(H,18,21)(H,19,22). The van der Waals surface area contributed by atoms with E-state index in [0.29, 0.717) is 22.5 Å². The van der Waals surface area contributed by atoms with Crippen LogP contribution in [0.15, 0.2) is 36.4 Å². The fourth-order valence-corrected chi connectivity index (χ4v) is 2.29. The zero-order valence-electron chi connectivity index (χ0n) is 13.5. The predicted molar refractivity (Wildman–Crippen MR) is 91.3 cm³/mol. The van der Waals surface area contributed by atoms with Gasteiger partial charge in [-0.2, -0.15) is 0 Å². The molecule has 0 heterocycles. The molecule has 24 heavy (non-hydrogen) atoms. The Labute approximate surface area is 138 Å². The van der Waals surface area contributed by atoms with Crippen molar-refractivity contribution in [1.29, 1.82) is 0 Å². The van der Waals surface area contributed by atoms with Crippen LogP contribution in [0.5, 0.6) is 0 Å². The van der Waals surface area contributed by atoms with Crippen molar-refractivity contribution in [2.24, 2.45) is 0 Å². The molecule has 0 aliphatic carbocycles. The Morgan fingerprint density at radius 2 is 1.67 bits per heavy atom. The minimum absolute atomic E-state index is 0.0320. The van der Waals surface area contributed by atoms with Crippen LogP contribution < -0.4 is 10.6 Å². The molecule has 0 saturated heterocycles. The minimum Gasteiger partial charge on any atom is -0.326 e. The van der Waals surface area contributed by atoms with Crippen molar-refractivity contribution in [3.8, 4) is 0 Å². The molecule has 0 aliphatic rings. The van der Waals surface area contributed by atoms with Gasteiger partial charge in [0.2, 0.25) is 5.91 Å². The van der Waals surface area contributed by atoms with Crippen LogP contribution in [0, 0.1) is 24.0 Å². The predicted octanol–water partition coefficient (Wildman–Crippen LogP) is 3.42. The number of hydrogen-bond acceptors (Lipinski definition) is 4. The smallest absolute Gasteiger partial charge is 0.272 e. The maximum absolute atomic E-state index is 12.4. The molecule has 7 nitrogen and oxygen atoms in total.